The maximum atomic E-state index is 12.0. The summed E-state index contributed by atoms with van der Waals surface area (Å²) in [5.74, 6) is 0.845. The first kappa shape index (κ1) is 13.1. The number of aromatic amines is 2. The molecule has 2 N–H and O–H groups in total. The predicted molar refractivity (Wildman–Crippen MR) is 85.2 cm³/mol. The monoisotopic (exact) mass is 296 g/mol. The van der Waals surface area contributed by atoms with E-state index >= 15 is 0 Å². The Morgan fingerprint density at radius 2 is 1.95 bits per heavy atom. The molecule has 3 aromatic rings. The Hall–Kier alpha value is -2.60. The smallest absolute Gasteiger partial charge is 0.250 e. The van der Waals surface area contributed by atoms with Gasteiger partial charge in [0.2, 0.25) is 5.56 Å². The van der Waals surface area contributed by atoms with Gasteiger partial charge in [-0.15, -0.1) is 0 Å². The van der Waals surface area contributed by atoms with Crippen LogP contribution in [0.3, 0.4) is 0 Å². The van der Waals surface area contributed by atoms with Gasteiger partial charge < -0.3 is 14.6 Å². The molecule has 4 rings (SSSR count). The van der Waals surface area contributed by atoms with Crippen LogP contribution in [0.5, 0.6) is 0 Å². The van der Waals surface area contributed by atoms with Gasteiger partial charge >= 0.3 is 0 Å². The van der Waals surface area contributed by atoms with E-state index in [9.17, 15) is 4.79 Å². The SMILES string of the molecule is O=c1cc(-c2ccc3[nH]ncc3c2)cc(N2CCOCC2)[nH]1. The maximum Gasteiger partial charge on any atom is 0.250 e. The van der Waals surface area contributed by atoms with Crippen molar-refractivity contribution in [2.75, 3.05) is 31.2 Å². The molecule has 1 aliphatic heterocycles. The number of H-pyrrole nitrogens is 2. The van der Waals surface area contributed by atoms with Gasteiger partial charge in [-0.3, -0.25) is 9.89 Å². The molecule has 1 aromatic carbocycles. The van der Waals surface area contributed by atoms with Gasteiger partial charge in [0, 0.05) is 24.5 Å². The molecule has 112 valence electrons. The second-order valence-electron chi connectivity index (χ2n) is 5.39. The molecule has 0 saturated carbocycles. The molecule has 0 bridgehead atoms. The van der Waals surface area contributed by atoms with Gasteiger partial charge in [-0.2, -0.15) is 5.10 Å². The van der Waals surface area contributed by atoms with Crippen LogP contribution in [0.4, 0.5) is 5.82 Å². The van der Waals surface area contributed by atoms with Gasteiger partial charge in [0.05, 0.1) is 24.9 Å². The maximum absolute atomic E-state index is 12.0. The molecule has 0 atom stereocenters. The van der Waals surface area contributed by atoms with Crippen LogP contribution in [0, 0.1) is 0 Å². The van der Waals surface area contributed by atoms with E-state index < -0.39 is 0 Å². The lowest BCUT2D eigenvalue weighted by Crippen LogP contribution is -2.37. The number of rotatable bonds is 2. The number of hydrogen-bond donors (Lipinski definition) is 2. The first-order valence-corrected chi connectivity index (χ1v) is 7.30. The van der Waals surface area contributed by atoms with Crippen molar-refractivity contribution in [1.29, 1.82) is 0 Å². The summed E-state index contributed by atoms with van der Waals surface area (Å²) in [6.45, 7) is 2.96. The summed E-state index contributed by atoms with van der Waals surface area (Å²) in [4.78, 5) is 17.1. The highest BCUT2D eigenvalue weighted by molar-refractivity contribution is 5.84. The second kappa shape index (κ2) is 5.31. The number of morpholine rings is 1. The summed E-state index contributed by atoms with van der Waals surface area (Å²) < 4.78 is 5.36. The normalized spacial score (nSPS) is 15.4. The van der Waals surface area contributed by atoms with Crippen molar-refractivity contribution >= 4 is 16.7 Å². The minimum Gasteiger partial charge on any atom is -0.378 e. The first-order valence-electron chi connectivity index (χ1n) is 7.30. The largest absolute Gasteiger partial charge is 0.378 e. The van der Waals surface area contributed by atoms with E-state index in [1.54, 1.807) is 12.3 Å². The number of anilines is 1. The number of ether oxygens (including phenoxy) is 1. The van der Waals surface area contributed by atoms with Gasteiger partial charge in [0.1, 0.15) is 5.82 Å². The van der Waals surface area contributed by atoms with Crippen molar-refractivity contribution < 1.29 is 4.74 Å². The van der Waals surface area contributed by atoms with Crippen molar-refractivity contribution in [3.05, 3.63) is 46.9 Å². The van der Waals surface area contributed by atoms with Crippen LogP contribution >= 0.6 is 0 Å². The summed E-state index contributed by atoms with van der Waals surface area (Å²) >= 11 is 0. The molecule has 0 spiro atoms. The number of fused-ring (bicyclic) bond motifs is 1. The highest BCUT2D eigenvalue weighted by atomic mass is 16.5. The fourth-order valence-corrected chi connectivity index (χ4v) is 2.79. The van der Waals surface area contributed by atoms with Crippen LogP contribution in [0.25, 0.3) is 22.0 Å². The Bertz CT molecular complexity index is 862. The molecule has 0 aliphatic carbocycles. The standard InChI is InChI=1S/C16H16N4O2/c21-16-9-12(8-15(18-16)20-3-5-22-6-4-20)11-1-2-14-13(7-11)10-17-19-14/h1-2,7-10H,3-6H2,(H,17,19)(H,18,21). The molecule has 6 nitrogen and oxygen atoms in total. The number of nitrogens with one attached hydrogen (secondary N) is 2. The van der Waals surface area contributed by atoms with Gasteiger partial charge in [0.15, 0.2) is 0 Å². The molecule has 1 saturated heterocycles. The zero-order valence-corrected chi connectivity index (χ0v) is 12.0. The van der Waals surface area contributed by atoms with Crippen molar-refractivity contribution in [3.8, 4) is 11.1 Å². The molecule has 3 heterocycles. The molecule has 1 fully saturated rings. The van der Waals surface area contributed by atoms with Crippen molar-refractivity contribution in [1.82, 2.24) is 15.2 Å². The van der Waals surface area contributed by atoms with E-state index in [1.165, 1.54) is 0 Å². The molecule has 6 heteroatoms. The van der Waals surface area contributed by atoms with Crippen LogP contribution in [0.15, 0.2) is 41.3 Å². The second-order valence-corrected chi connectivity index (χ2v) is 5.39. The third-order valence-corrected chi connectivity index (χ3v) is 3.96. The molecule has 0 unspecified atom stereocenters. The van der Waals surface area contributed by atoms with E-state index in [0.29, 0.717) is 13.2 Å². The lowest BCUT2D eigenvalue weighted by atomic mass is 10.0. The number of nitrogens with zero attached hydrogens (tertiary/aromatic N) is 2. The topological polar surface area (TPSA) is 74.0 Å². The summed E-state index contributed by atoms with van der Waals surface area (Å²) in [6, 6.07) is 9.67. The highest BCUT2D eigenvalue weighted by Crippen LogP contribution is 2.25. The van der Waals surface area contributed by atoms with E-state index in [2.05, 4.69) is 20.1 Å². The molecule has 0 radical (unpaired) electrons. The van der Waals surface area contributed by atoms with Crippen molar-refractivity contribution in [2.45, 2.75) is 0 Å². The molecule has 0 amide bonds. The number of hydrogen-bond acceptors (Lipinski definition) is 4. The molecule has 2 aromatic heterocycles. The van der Waals surface area contributed by atoms with E-state index in [1.807, 2.05) is 24.3 Å². The zero-order chi connectivity index (χ0) is 14.9. The van der Waals surface area contributed by atoms with E-state index in [-0.39, 0.29) is 5.56 Å². The van der Waals surface area contributed by atoms with E-state index in [0.717, 1.165) is 40.9 Å². The molecule has 22 heavy (non-hydrogen) atoms. The molecule has 1 aliphatic rings. The third-order valence-electron chi connectivity index (χ3n) is 3.96. The quantitative estimate of drug-likeness (QED) is 0.755. The number of aromatic nitrogens is 3. The van der Waals surface area contributed by atoms with Gasteiger partial charge in [-0.05, 0) is 29.3 Å². The molecular weight excluding hydrogens is 280 g/mol. The average molecular weight is 296 g/mol. The summed E-state index contributed by atoms with van der Waals surface area (Å²) in [5, 5.41) is 8.00. The van der Waals surface area contributed by atoms with Gasteiger partial charge in [-0.1, -0.05) is 6.07 Å². The third kappa shape index (κ3) is 2.37. The Morgan fingerprint density at radius 3 is 2.82 bits per heavy atom. The zero-order valence-electron chi connectivity index (χ0n) is 12.0. The number of pyridine rings is 1. The fraction of sp³-hybridized carbons (Fsp3) is 0.250. The summed E-state index contributed by atoms with van der Waals surface area (Å²) in [7, 11) is 0. The lowest BCUT2D eigenvalue weighted by molar-refractivity contribution is 0.122. The summed E-state index contributed by atoms with van der Waals surface area (Å²) in [5.41, 5.74) is 2.82. The van der Waals surface area contributed by atoms with Crippen LogP contribution in [0.1, 0.15) is 0 Å². The van der Waals surface area contributed by atoms with Gasteiger partial charge in [-0.25, -0.2) is 0 Å². The minimum atomic E-state index is -0.0914. The molecular formula is C16H16N4O2. The van der Waals surface area contributed by atoms with Gasteiger partial charge in [0.25, 0.3) is 0 Å². The van der Waals surface area contributed by atoms with Crippen molar-refractivity contribution in [3.63, 3.8) is 0 Å². The fourth-order valence-electron chi connectivity index (χ4n) is 2.79. The predicted octanol–water partition coefficient (Wildman–Crippen LogP) is 1.75. The Morgan fingerprint density at radius 1 is 1.09 bits per heavy atom. The summed E-state index contributed by atoms with van der Waals surface area (Å²) in [6.07, 6.45) is 1.79. The Kier molecular flexibility index (Phi) is 3.16. The van der Waals surface area contributed by atoms with Crippen LogP contribution < -0.4 is 10.5 Å². The first-order chi connectivity index (χ1) is 10.8. The van der Waals surface area contributed by atoms with Crippen LogP contribution in [-0.2, 0) is 4.74 Å². The van der Waals surface area contributed by atoms with E-state index in [4.69, 9.17) is 4.74 Å². The Balaban J connectivity index is 1.77. The highest BCUT2D eigenvalue weighted by Gasteiger charge is 2.13. The average Bonchev–Trinajstić information content (AvgIpc) is 3.02. The van der Waals surface area contributed by atoms with Crippen molar-refractivity contribution in [2.24, 2.45) is 0 Å². The van der Waals surface area contributed by atoms with Crippen LogP contribution in [-0.4, -0.2) is 41.5 Å². The van der Waals surface area contributed by atoms with Crippen LogP contribution in [0.2, 0.25) is 0 Å². The Labute approximate surface area is 126 Å². The lowest BCUT2D eigenvalue weighted by Gasteiger charge is -2.28. The number of benzene rings is 1. The minimum absolute atomic E-state index is 0.0914.